The fraction of sp³-hybridized carbons (Fsp3) is 0.200. The van der Waals surface area contributed by atoms with E-state index in [1.807, 2.05) is 61.6 Å². The van der Waals surface area contributed by atoms with Crippen LogP contribution in [0.15, 0.2) is 60.8 Å². The van der Waals surface area contributed by atoms with E-state index in [-0.39, 0.29) is 5.91 Å². The topological polar surface area (TPSA) is 82.2 Å². The first-order valence-electron chi connectivity index (χ1n) is 8.46. The van der Waals surface area contributed by atoms with Crippen molar-refractivity contribution in [1.29, 1.82) is 0 Å². The second-order valence-corrected chi connectivity index (χ2v) is 5.90. The van der Waals surface area contributed by atoms with Crippen LogP contribution in [0.2, 0.25) is 0 Å². The number of nitrogens with two attached hydrogens (primary N) is 1. The molecule has 2 aromatic carbocycles. The number of carbonyl (C=O) groups is 1. The molecule has 0 spiro atoms. The van der Waals surface area contributed by atoms with Gasteiger partial charge >= 0.3 is 0 Å². The summed E-state index contributed by atoms with van der Waals surface area (Å²) in [6.45, 7) is 0.852. The molecule has 6 nitrogen and oxygen atoms in total. The normalized spacial score (nSPS) is 10.5. The number of rotatable bonds is 7. The van der Waals surface area contributed by atoms with Crippen LogP contribution in [-0.2, 0) is 18.3 Å². The Hall–Kier alpha value is -3.12. The van der Waals surface area contributed by atoms with Crippen molar-refractivity contribution in [3.8, 4) is 17.0 Å². The Kier molecular flexibility index (Phi) is 5.66. The molecule has 3 aromatic rings. The summed E-state index contributed by atoms with van der Waals surface area (Å²) in [5, 5.41) is 7.16. The average molecular weight is 350 g/mol. The molecule has 0 saturated heterocycles. The quantitative estimate of drug-likeness (QED) is 0.686. The van der Waals surface area contributed by atoms with Crippen LogP contribution < -0.4 is 15.8 Å². The summed E-state index contributed by atoms with van der Waals surface area (Å²) in [6.07, 6.45) is 2.05. The van der Waals surface area contributed by atoms with Crippen molar-refractivity contribution in [3.63, 3.8) is 0 Å². The molecule has 3 rings (SSSR count). The number of nitrogens with one attached hydrogen (secondary N) is 1. The smallest absolute Gasteiger partial charge is 0.228 e. The van der Waals surface area contributed by atoms with Crippen molar-refractivity contribution < 1.29 is 9.53 Å². The molecule has 1 heterocycles. The molecule has 0 aliphatic heterocycles. The zero-order valence-corrected chi connectivity index (χ0v) is 14.7. The molecule has 0 fully saturated rings. The number of carbonyl (C=O) groups excluding carboxylic acids is 1. The summed E-state index contributed by atoms with van der Waals surface area (Å²) < 4.78 is 7.51. The minimum atomic E-state index is -0.0669. The SMILES string of the molecule is Cn1nccc1-c1cc(NC(=O)Cc2ccccc2)ccc1OCCN. The van der Waals surface area contributed by atoms with Crippen molar-refractivity contribution in [2.75, 3.05) is 18.5 Å². The Morgan fingerprint density at radius 3 is 2.69 bits per heavy atom. The second kappa shape index (κ2) is 8.31. The van der Waals surface area contributed by atoms with Crippen molar-refractivity contribution in [3.05, 3.63) is 66.4 Å². The van der Waals surface area contributed by atoms with Gasteiger partial charge < -0.3 is 15.8 Å². The van der Waals surface area contributed by atoms with Gasteiger partial charge in [-0.15, -0.1) is 0 Å². The number of amides is 1. The number of nitrogens with zero attached hydrogens (tertiary/aromatic N) is 2. The van der Waals surface area contributed by atoms with Gasteiger partial charge in [0.15, 0.2) is 0 Å². The molecule has 6 heteroatoms. The summed E-state index contributed by atoms with van der Waals surface area (Å²) >= 11 is 0. The van der Waals surface area contributed by atoms with E-state index in [1.165, 1.54) is 0 Å². The molecule has 0 bridgehead atoms. The third kappa shape index (κ3) is 4.29. The number of hydrogen-bond donors (Lipinski definition) is 2. The zero-order chi connectivity index (χ0) is 18.4. The van der Waals surface area contributed by atoms with E-state index in [0.717, 1.165) is 16.8 Å². The van der Waals surface area contributed by atoms with Crippen molar-refractivity contribution >= 4 is 11.6 Å². The third-order valence-electron chi connectivity index (χ3n) is 3.94. The monoisotopic (exact) mass is 350 g/mol. The zero-order valence-electron chi connectivity index (χ0n) is 14.7. The first-order valence-corrected chi connectivity index (χ1v) is 8.46. The number of aromatic nitrogens is 2. The summed E-state index contributed by atoms with van der Waals surface area (Å²) in [6, 6.07) is 17.1. The Morgan fingerprint density at radius 2 is 2.00 bits per heavy atom. The van der Waals surface area contributed by atoms with Gasteiger partial charge in [0.05, 0.1) is 12.1 Å². The number of aryl methyl sites for hydroxylation is 1. The Morgan fingerprint density at radius 1 is 1.19 bits per heavy atom. The molecule has 0 aliphatic carbocycles. The molecule has 1 aromatic heterocycles. The van der Waals surface area contributed by atoms with Crippen LogP contribution in [0.5, 0.6) is 5.75 Å². The number of anilines is 1. The van der Waals surface area contributed by atoms with E-state index in [1.54, 1.807) is 10.9 Å². The standard InChI is InChI=1S/C20H22N4O2/c1-24-18(9-11-22-24)17-14-16(7-8-19(17)26-12-10-21)23-20(25)13-15-5-3-2-4-6-15/h2-9,11,14H,10,12-13,21H2,1H3,(H,23,25). The highest BCUT2D eigenvalue weighted by Gasteiger charge is 2.12. The molecule has 0 saturated carbocycles. The lowest BCUT2D eigenvalue weighted by molar-refractivity contribution is -0.115. The van der Waals surface area contributed by atoms with Gasteiger partial charge in [0.1, 0.15) is 12.4 Å². The van der Waals surface area contributed by atoms with Gasteiger partial charge in [0.2, 0.25) is 5.91 Å². The highest BCUT2D eigenvalue weighted by atomic mass is 16.5. The van der Waals surface area contributed by atoms with E-state index in [0.29, 0.717) is 31.0 Å². The molecular weight excluding hydrogens is 328 g/mol. The summed E-state index contributed by atoms with van der Waals surface area (Å²) in [5.41, 5.74) is 8.98. The van der Waals surface area contributed by atoms with Gasteiger partial charge in [0.25, 0.3) is 0 Å². The van der Waals surface area contributed by atoms with Crippen LogP contribution in [0.3, 0.4) is 0 Å². The highest BCUT2D eigenvalue weighted by Crippen LogP contribution is 2.32. The van der Waals surface area contributed by atoms with Gasteiger partial charge in [-0.1, -0.05) is 30.3 Å². The Balaban J connectivity index is 1.82. The van der Waals surface area contributed by atoms with E-state index in [4.69, 9.17) is 10.5 Å². The Bertz CT molecular complexity index is 875. The molecular formula is C20H22N4O2. The van der Waals surface area contributed by atoms with E-state index >= 15 is 0 Å². The largest absolute Gasteiger partial charge is 0.492 e. The first-order chi connectivity index (χ1) is 12.7. The molecule has 1 amide bonds. The van der Waals surface area contributed by atoms with Crippen LogP contribution in [0, 0.1) is 0 Å². The summed E-state index contributed by atoms with van der Waals surface area (Å²) in [5.74, 6) is 0.642. The lowest BCUT2D eigenvalue weighted by atomic mass is 10.1. The molecule has 0 unspecified atom stereocenters. The number of ether oxygens (including phenoxy) is 1. The van der Waals surface area contributed by atoms with Crippen LogP contribution >= 0.6 is 0 Å². The van der Waals surface area contributed by atoms with Gasteiger partial charge in [-0.2, -0.15) is 5.10 Å². The van der Waals surface area contributed by atoms with E-state index in [2.05, 4.69) is 10.4 Å². The van der Waals surface area contributed by atoms with Gasteiger partial charge in [-0.25, -0.2) is 0 Å². The van der Waals surface area contributed by atoms with Crippen molar-refractivity contribution in [1.82, 2.24) is 9.78 Å². The van der Waals surface area contributed by atoms with Crippen LogP contribution in [-0.4, -0.2) is 28.8 Å². The molecule has 0 radical (unpaired) electrons. The fourth-order valence-corrected chi connectivity index (χ4v) is 2.73. The highest BCUT2D eigenvalue weighted by molar-refractivity contribution is 5.93. The van der Waals surface area contributed by atoms with Crippen molar-refractivity contribution in [2.24, 2.45) is 12.8 Å². The maximum Gasteiger partial charge on any atom is 0.228 e. The third-order valence-corrected chi connectivity index (χ3v) is 3.94. The fourth-order valence-electron chi connectivity index (χ4n) is 2.73. The summed E-state index contributed by atoms with van der Waals surface area (Å²) in [7, 11) is 1.86. The lowest BCUT2D eigenvalue weighted by Gasteiger charge is -2.14. The van der Waals surface area contributed by atoms with Crippen molar-refractivity contribution in [2.45, 2.75) is 6.42 Å². The predicted molar refractivity (Wildman–Crippen MR) is 102 cm³/mol. The minimum Gasteiger partial charge on any atom is -0.492 e. The molecule has 0 atom stereocenters. The summed E-state index contributed by atoms with van der Waals surface area (Å²) in [4.78, 5) is 12.3. The van der Waals surface area contributed by atoms with E-state index in [9.17, 15) is 4.79 Å². The maximum absolute atomic E-state index is 12.3. The van der Waals surface area contributed by atoms with Gasteiger partial charge in [0, 0.05) is 31.0 Å². The van der Waals surface area contributed by atoms with Crippen LogP contribution in [0.1, 0.15) is 5.56 Å². The lowest BCUT2D eigenvalue weighted by Crippen LogP contribution is -2.15. The number of hydrogen-bond acceptors (Lipinski definition) is 4. The van der Waals surface area contributed by atoms with Gasteiger partial charge in [-0.3, -0.25) is 9.48 Å². The van der Waals surface area contributed by atoms with Crippen LogP contribution in [0.25, 0.3) is 11.3 Å². The molecule has 26 heavy (non-hydrogen) atoms. The average Bonchev–Trinajstić information content (AvgIpc) is 3.07. The number of benzene rings is 2. The minimum absolute atomic E-state index is 0.0669. The predicted octanol–water partition coefficient (Wildman–Crippen LogP) is 2.61. The molecule has 3 N–H and O–H groups in total. The van der Waals surface area contributed by atoms with Gasteiger partial charge in [-0.05, 0) is 29.8 Å². The first kappa shape index (κ1) is 17.7. The van der Waals surface area contributed by atoms with Crippen LogP contribution in [0.4, 0.5) is 5.69 Å². The molecule has 0 aliphatic rings. The molecule has 134 valence electrons. The van der Waals surface area contributed by atoms with E-state index < -0.39 is 0 Å². The second-order valence-electron chi connectivity index (χ2n) is 5.90. The maximum atomic E-state index is 12.3. The Labute approximate surface area is 152 Å².